The lowest BCUT2D eigenvalue weighted by Crippen LogP contribution is -2.40. The van der Waals surface area contributed by atoms with Gasteiger partial charge >= 0.3 is 6.18 Å². The van der Waals surface area contributed by atoms with Crippen LogP contribution in [-0.2, 0) is 6.18 Å². The molecule has 6 heteroatoms. The molecule has 0 aliphatic rings. The first-order valence-corrected chi connectivity index (χ1v) is 5.19. The SMILES string of the molecule is CC(C)(C)NC(=O)c1cc(F)cc(C(F)(F)F)c1. The topological polar surface area (TPSA) is 29.1 Å². The highest BCUT2D eigenvalue weighted by molar-refractivity contribution is 5.94. The first-order valence-electron chi connectivity index (χ1n) is 5.19. The lowest BCUT2D eigenvalue weighted by Gasteiger charge is -2.20. The van der Waals surface area contributed by atoms with Crippen molar-refractivity contribution in [1.82, 2.24) is 5.32 Å². The minimum Gasteiger partial charge on any atom is -0.347 e. The molecule has 1 N–H and O–H groups in total. The standard InChI is InChI=1S/C12H13F4NO/c1-11(2,3)17-10(18)7-4-8(12(14,15)16)6-9(13)5-7/h4-6H,1-3H3,(H,17,18). The van der Waals surface area contributed by atoms with Crippen LogP contribution in [0.5, 0.6) is 0 Å². The third-order valence-corrected chi connectivity index (χ3v) is 1.98. The quantitative estimate of drug-likeness (QED) is 0.773. The number of carbonyl (C=O) groups is 1. The van der Waals surface area contributed by atoms with Crippen LogP contribution in [-0.4, -0.2) is 11.4 Å². The Bertz CT molecular complexity index is 460. The Balaban J connectivity index is 3.11. The summed E-state index contributed by atoms with van der Waals surface area (Å²) < 4.78 is 50.4. The summed E-state index contributed by atoms with van der Waals surface area (Å²) in [6.45, 7) is 5.03. The minimum atomic E-state index is -4.68. The number of hydrogen-bond acceptors (Lipinski definition) is 1. The number of hydrogen-bond donors (Lipinski definition) is 1. The van der Waals surface area contributed by atoms with E-state index in [9.17, 15) is 22.4 Å². The van der Waals surface area contributed by atoms with E-state index >= 15 is 0 Å². The van der Waals surface area contributed by atoms with Crippen LogP contribution >= 0.6 is 0 Å². The molecule has 0 saturated carbocycles. The van der Waals surface area contributed by atoms with Gasteiger partial charge in [-0.25, -0.2) is 4.39 Å². The van der Waals surface area contributed by atoms with Crippen molar-refractivity contribution in [1.29, 1.82) is 0 Å². The molecular formula is C12H13F4NO. The largest absolute Gasteiger partial charge is 0.416 e. The molecule has 0 bridgehead atoms. The summed E-state index contributed by atoms with van der Waals surface area (Å²) in [5.74, 6) is -1.84. The molecule has 0 fully saturated rings. The van der Waals surface area contributed by atoms with Crippen molar-refractivity contribution in [3.8, 4) is 0 Å². The van der Waals surface area contributed by atoms with Gasteiger partial charge < -0.3 is 5.32 Å². The van der Waals surface area contributed by atoms with E-state index in [4.69, 9.17) is 0 Å². The van der Waals surface area contributed by atoms with Gasteiger partial charge in [0.1, 0.15) is 5.82 Å². The maximum Gasteiger partial charge on any atom is 0.416 e. The van der Waals surface area contributed by atoms with Gasteiger partial charge in [-0.15, -0.1) is 0 Å². The van der Waals surface area contributed by atoms with E-state index in [0.29, 0.717) is 12.1 Å². The highest BCUT2D eigenvalue weighted by Gasteiger charge is 2.32. The van der Waals surface area contributed by atoms with Gasteiger partial charge in [0.15, 0.2) is 0 Å². The van der Waals surface area contributed by atoms with Crippen molar-refractivity contribution in [2.24, 2.45) is 0 Å². The normalized spacial score (nSPS) is 12.4. The van der Waals surface area contributed by atoms with Crippen molar-refractivity contribution in [3.63, 3.8) is 0 Å². The molecule has 0 spiro atoms. The van der Waals surface area contributed by atoms with Crippen LogP contribution in [0.2, 0.25) is 0 Å². The molecule has 1 aromatic rings. The molecule has 0 saturated heterocycles. The van der Waals surface area contributed by atoms with Crippen LogP contribution in [0.4, 0.5) is 17.6 Å². The smallest absolute Gasteiger partial charge is 0.347 e. The number of halogens is 4. The predicted octanol–water partition coefficient (Wildman–Crippen LogP) is 3.37. The molecule has 1 aromatic carbocycles. The Hall–Kier alpha value is -1.59. The van der Waals surface area contributed by atoms with Crippen molar-refractivity contribution in [2.75, 3.05) is 0 Å². The molecule has 2 nitrogen and oxygen atoms in total. The first-order chi connectivity index (χ1) is 7.99. The van der Waals surface area contributed by atoms with Crippen LogP contribution < -0.4 is 5.32 Å². The lowest BCUT2D eigenvalue weighted by molar-refractivity contribution is -0.137. The molecule has 18 heavy (non-hydrogen) atoms. The van der Waals surface area contributed by atoms with Crippen molar-refractivity contribution in [2.45, 2.75) is 32.5 Å². The van der Waals surface area contributed by atoms with Crippen LogP contribution in [0.3, 0.4) is 0 Å². The molecule has 100 valence electrons. The summed E-state index contributed by atoms with van der Waals surface area (Å²) in [6.07, 6.45) is -4.68. The number of amides is 1. The Morgan fingerprint density at radius 2 is 1.67 bits per heavy atom. The summed E-state index contributed by atoms with van der Waals surface area (Å²) in [6, 6.07) is 1.76. The van der Waals surface area contributed by atoms with E-state index in [1.807, 2.05) is 0 Å². The number of carbonyl (C=O) groups excluding carboxylic acids is 1. The second-order valence-electron chi connectivity index (χ2n) is 4.93. The number of alkyl halides is 3. The zero-order valence-corrected chi connectivity index (χ0v) is 10.2. The van der Waals surface area contributed by atoms with E-state index < -0.39 is 29.0 Å². The fourth-order valence-electron chi connectivity index (χ4n) is 1.30. The van der Waals surface area contributed by atoms with E-state index in [-0.39, 0.29) is 5.56 Å². The van der Waals surface area contributed by atoms with E-state index in [2.05, 4.69) is 5.32 Å². The monoisotopic (exact) mass is 263 g/mol. The van der Waals surface area contributed by atoms with Crippen LogP contribution in [0.25, 0.3) is 0 Å². The van der Waals surface area contributed by atoms with Gasteiger partial charge in [-0.3, -0.25) is 4.79 Å². The van der Waals surface area contributed by atoms with Crippen molar-refractivity contribution in [3.05, 3.63) is 35.1 Å². The third kappa shape index (κ3) is 4.01. The van der Waals surface area contributed by atoms with Gasteiger partial charge in [0.2, 0.25) is 0 Å². The number of benzene rings is 1. The Labute approximate surface area is 102 Å². The Morgan fingerprint density at radius 1 is 1.11 bits per heavy atom. The zero-order chi connectivity index (χ0) is 14.1. The Morgan fingerprint density at radius 3 is 2.11 bits per heavy atom. The van der Waals surface area contributed by atoms with Gasteiger partial charge in [-0.2, -0.15) is 13.2 Å². The lowest BCUT2D eigenvalue weighted by atomic mass is 10.1. The zero-order valence-electron chi connectivity index (χ0n) is 10.2. The summed E-state index contributed by atoms with van der Waals surface area (Å²) >= 11 is 0. The first kappa shape index (κ1) is 14.5. The second kappa shape index (κ2) is 4.59. The van der Waals surface area contributed by atoms with Crippen LogP contribution in [0, 0.1) is 5.82 Å². The third-order valence-electron chi connectivity index (χ3n) is 1.98. The summed E-state index contributed by atoms with van der Waals surface area (Å²) in [5.41, 5.74) is -2.14. The average Bonchev–Trinajstić information content (AvgIpc) is 2.12. The molecule has 0 aliphatic heterocycles. The maximum absolute atomic E-state index is 13.1. The van der Waals surface area contributed by atoms with E-state index in [0.717, 1.165) is 6.07 Å². The fraction of sp³-hybridized carbons (Fsp3) is 0.417. The predicted molar refractivity (Wildman–Crippen MR) is 58.6 cm³/mol. The number of rotatable bonds is 1. The van der Waals surface area contributed by atoms with Gasteiger partial charge in [0, 0.05) is 11.1 Å². The maximum atomic E-state index is 13.1. The highest BCUT2D eigenvalue weighted by Crippen LogP contribution is 2.30. The van der Waals surface area contributed by atoms with Crippen LogP contribution in [0.15, 0.2) is 18.2 Å². The van der Waals surface area contributed by atoms with Crippen molar-refractivity contribution >= 4 is 5.91 Å². The molecule has 1 rings (SSSR count). The molecule has 0 unspecified atom stereocenters. The second-order valence-corrected chi connectivity index (χ2v) is 4.93. The van der Waals surface area contributed by atoms with Gasteiger partial charge in [-0.1, -0.05) is 0 Å². The van der Waals surface area contributed by atoms with Gasteiger partial charge in [0.05, 0.1) is 5.56 Å². The highest BCUT2D eigenvalue weighted by atomic mass is 19.4. The minimum absolute atomic E-state index is 0.350. The molecule has 1 amide bonds. The molecule has 0 aliphatic carbocycles. The Kier molecular flexibility index (Phi) is 3.69. The molecule has 0 aromatic heterocycles. The van der Waals surface area contributed by atoms with Gasteiger partial charge in [0.25, 0.3) is 5.91 Å². The summed E-state index contributed by atoms with van der Waals surface area (Å²) in [4.78, 5) is 11.6. The molecule has 0 heterocycles. The van der Waals surface area contributed by atoms with E-state index in [1.165, 1.54) is 0 Å². The van der Waals surface area contributed by atoms with Crippen molar-refractivity contribution < 1.29 is 22.4 Å². The van der Waals surface area contributed by atoms with Gasteiger partial charge in [-0.05, 0) is 39.0 Å². The average molecular weight is 263 g/mol. The van der Waals surface area contributed by atoms with E-state index in [1.54, 1.807) is 20.8 Å². The fourth-order valence-corrected chi connectivity index (χ4v) is 1.30. The summed E-state index contributed by atoms with van der Waals surface area (Å²) in [5, 5.41) is 2.47. The molecule has 0 atom stereocenters. The molecule has 0 radical (unpaired) electrons. The molecular weight excluding hydrogens is 250 g/mol. The van der Waals surface area contributed by atoms with Crippen LogP contribution in [0.1, 0.15) is 36.7 Å². The summed E-state index contributed by atoms with van der Waals surface area (Å²) in [7, 11) is 0. The number of nitrogens with one attached hydrogen (secondary N) is 1.